The predicted molar refractivity (Wildman–Crippen MR) is 61.4 cm³/mol. The molecule has 0 aliphatic heterocycles. The molecule has 1 aromatic rings. The van der Waals surface area contributed by atoms with Gasteiger partial charge >= 0.3 is 0 Å². The zero-order chi connectivity index (χ0) is 9.35. The van der Waals surface area contributed by atoms with E-state index in [-0.39, 0.29) is 0 Å². The van der Waals surface area contributed by atoms with E-state index in [1.165, 1.54) is 19.3 Å². The highest BCUT2D eigenvalue weighted by molar-refractivity contribution is 7.40. The lowest BCUT2D eigenvalue weighted by Crippen LogP contribution is -2.35. The van der Waals surface area contributed by atoms with Crippen LogP contribution in [-0.4, -0.2) is 8.07 Å². The lowest BCUT2D eigenvalue weighted by Gasteiger charge is -2.16. The Morgan fingerprint density at radius 2 is 1.67 bits per heavy atom. The Kier molecular flexibility index (Phi) is 2.75. The standard InChI is InChI=1S/C10H17PSi/c1-8-6-10(12(3,4)5)11-7-9(8)2/h6-7H,1-5H3. The molecule has 0 fully saturated rings. The van der Waals surface area contributed by atoms with E-state index >= 15 is 0 Å². The summed E-state index contributed by atoms with van der Waals surface area (Å²) in [6.45, 7) is 11.6. The molecule has 0 atom stereocenters. The van der Waals surface area contributed by atoms with Crippen molar-refractivity contribution >= 4 is 21.2 Å². The molecule has 0 amide bonds. The first-order chi connectivity index (χ1) is 5.41. The fourth-order valence-electron chi connectivity index (χ4n) is 1.03. The molecule has 0 bridgehead atoms. The molecule has 0 radical (unpaired) electrons. The molecular formula is C10H17PSi. The van der Waals surface area contributed by atoms with Gasteiger partial charge in [0.05, 0.1) is 8.07 Å². The molecule has 0 aliphatic carbocycles. The van der Waals surface area contributed by atoms with Crippen LogP contribution in [0.1, 0.15) is 11.1 Å². The highest BCUT2D eigenvalue weighted by atomic mass is 31.0. The quantitative estimate of drug-likeness (QED) is 0.604. The number of rotatable bonds is 1. The van der Waals surface area contributed by atoms with Gasteiger partial charge in [0.15, 0.2) is 0 Å². The normalized spacial score (nSPS) is 12.4. The van der Waals surface area contributed by atoms with E-state index in [0.717, 1.165) is 0 Å². The molecule has 0 N–H and O–H groups in total. The predicted octanol–water partition coefficient (Wildman–Crippen LogP) is 3.43. The Hall–Kier alpha value is -0.133. The van der Waals surface area contributed by atoms with Crippen molar-refractivity contribution in [3.63, 3.8) is 0 Å². The smallest absolute Gasteiger partial charge is 0.0772 e. The van der Waals surface area contributed by atoms with Crippen molar-refractivity contribution in [2.45, 2.75) is 33.5 Å². The van der Waals surface area contributed by atoms with Crippen molar-refractivity contribution in [2.24, 2.45) is 0 Å². The van der Waals surface area contributed by atoms with Crippen LogP contribution in [0.5, 0.6) is 0 Å². The van der Waals surface area contributed by atoms with Crippen LogP contribution >= 0.6 is 8.19 Å². The summed E-state index contributed by atoms with van der Waals surface area (Å²) in [6, 6.07) is 2.39. The monoisotopic (exact) mass is 196 g/mol. The minimum absolute atomic E-state index is 1.04. The number of hydrogen-bond acceptors (Lipinski definition) is 0. The van der Waals surface area contributed by atoms with E-state index in [4.69, 9.17) is 0 Å². The highest BCUT2D eigenvalue weighted by Gasteiger charge is 2.16. The van der Waals surface area contributed by atoms with Gasteiger partial charge in [0, 0.05) is 0 Å². The van der Waals surface area contributed by atoms with Gasteiger partial charge in [-0.05, 0) is 35.7 Å². The summed E-state index contributed by atoms with van der Waals surface area (Å²) in [7, 11) is 0.392. The minimum Gasteiger partial charge on any atom is -0.0772 e. The Morgan fingerprint density at radius 3 is 2.08 bits per heavy atom. The summed E-state index contributed by atoms with van der Waals surface area (Å²) in [5, 5.41) is 0. The van der Waals surface area contributed by atoms with Gasteiger partial charge in [-0.1, -0.05) is 33.9 Å². The molecule has 0 nitrogen and oxygen atoms in total. The minimum atomic E-state index is -1.04. The highest BCUT2D eigenvalue weighted by Crippen LogP contribution is 2.15. The molecule has 66 valence electrons. The van der Waals surface area contributed by atoms with E-state index < -0.39 is 8.07 Å². The maximum absolute atomic E-state index is 2.41. The molecule has 0 aliphatic rings. The third kappa shape index (κ3) is 2.18. The fraction of sp³-hybridized carbons (Fsp3) is 0.500. The first kappa shape index (κ1) is 9.95. The maximum Gasteiger partial charge on any atom is 0.0835 e. The first-order valence-corrected chi connectivity index (χ1v) is 8.81. The molecule has 0 saturated carbocycles. The largest absolute Gasteiger partial charge is 0.0835 e. The number of aryl methyl sites for hydroxylation is 2. The second-order valence-corrected chi connectivity index (χ2v) is 10.9. The SMILES string of the molecule is Cc1cpc([Si](C)(C)C)cc1C. The van der Waals surface area contributed by atoms with Crippen LogP contribution in [0.4, 0.5) is 0 Å². The van der Waals surface area contributed by atoms with Gasteiger partial charge in [0.25, 0.3) is 0 Å². The van der Waals surface area contributed by atoms with Crippen molar-refractivity contribution < 1.29 is 0 Å². The number of hydrogen-bond donors (Lipinski definition) is 0. The van der Waals surface area contributed by atoms with Crippen molar-refractivity contribution in [3.05, 3.63) is 23.0 Å². The molecule has 2 heteroatoms. The van der Waals surface area contributed by atoms with Gasteiger partial charge in [-0.25, -0.2) is 0 Å². The van der Waals surface area contributed by atoms with E-state index in [2.05, 4.69) is 45.4 Å². The average Bonchev–Trinajstić information content (AvgIpc) is 1.92. The third-order valence-corrected chi connectivity index (χ3v) is 7.15. The van der Waals surface area contributed by atoms with Gasteiger partial charge in [-0.15, -0.1) is 0 Å². The summed E-state index contributed by atoms with van der Waals surface area (Å²) < 4.78 is 0. The molecule has 1 heterocycles. The molecule has 0 spiro atoms. The topological polar surface area (TPSA) is 0 Å². The van der Waals surface area contributed by atoms with Crippen molar-refractivity contribution in [2.75, 3.05) is 0 Å². The van der Waals surface area contributed by atoms with Crippen LogP contribution in [0.2, 0.25) is 19.6 Å². The molecule has 0 unspecified atom stereocenters. The zero-order valence-electron chi connectivity index (χ0n) is 8.60. The fourth-order valence-corrected chi connectivity index (χ4v) is 4.23. The second kappa shape index (κ2) is 3.31. The maximum atomic E-state index is 2.41. The van der Waals surface area contributed by atoms with Gasteiger partial charge in [-0.2, -0.15) is 0 Å². The van der Waals surface area contributed by atoms with Gasteiger partial charge in [0.2, 0.25) is 0 Å². The van der Waals surface area contributed by atoms with Crippen molar-refractivity contribution in [3.8, 4) is 0 Å². The third-order valence-electron chi connectivity index (χ3n) is 2.14. The van der Waals surface area contributed by atoms with Crippen molar-refractivity contribution in [1.29, 1.82) is 0 Å². The van der Waals surface area contributed by atoms with Crippen LogP contribution in [0.25, 0.3) is 0 Å². The van der Waals surface area contributed by atoms with Gasteiger partial charge in [0.1, 0.15) is 0 Å². The summed E-state index contributed by atoms with van der Waals surface area (Å²) >= 11 is 0. The summed E-state index contributed by atoms with van der Waals surface area (Å²) in [6.07, 6.45) is 0. The average molecular weight is 196 g/mol. The Bertz CT molecular complexity index is 286. The molecular weight excluding hydrogens is 179 g/mol. The van der Waals surface area contributed by atoms with Crippen LogP contribution in [0, 0.1) is 13.8 Å². The second-order valence-electron chi connectivity index (χ2n) is 4.40. The molecule has 1 aromatic heterocycles. The Morgan fingerprint density at radius 1 is 1.08 bits per heavy atom. The lowest BCUT2D eigenvalue weighted by molar-refractivity contribution is 1.38. The van der Waals surface area contributed by atoms with Crippen LogP contribution in [-0.2, 0) is 0 Å². The lowest BCUT2D eigenvalue weighted by atomic mass is 10.2. The Balaban J connectivity index is 3.14. The van der Waals surface area contributed by atoms with E-state index in [0.29, 0.717) is 0 Å². The van der Waals surface area contributed by atoms with Crippen molar-refractivity contribution in [1.82, 2.24) is 0 Å². The van der Waals surface area contributed by atoms with E-state index in [9.17, 15) is 0 Å². The van der Waals surface area contributed by atoms with E-state index in [1.807, 2.05) is 0 Å². The Labute approximate surface area is 78.1 Å². The molecule has 1 rings (SSSR count). The van der Waals surface area contributed by atoms with Crippen LogP contribution in [0.15, 0.2) is 11.9 Å². The van der Waals surface area contributed by atoms with E-state index in [1.54, 1.807) is 4.92 Å². The van der Waals surface area contributed by atoms with Gasteiger partial charge in [-0.3, -0.25) is 0 Å². The molecule has 0 aromatic carbocycles. The first-order valence-electron chi connectivity index (χ1n) is 4.35. The summed E-state index contributed by atoms with van der Waals surface area (Å²) in [5.74, 6) is 2.34. The summed E-state index contributed by atoms with van der Waals surface area (Å²) in [5.41, 5.74) is 2.89. The zero-order valence-corrected chi connectivity index (χ0v) is 10.5. The summed E-state index contributed by atoms with van der Waals surface area (Å²) in [4.78, 5) is 1.66. The van der Waals surface area contributed by atoms with Crippen LogP contribution in [0.3, 0.4) is 0 Å². The molecule has 12 heavy (non-hydrogen) atoms. The molecule has 0 saturated heterocycles. The van der Waals surface area contributed by atoms with Crippen LogP contribution < -0.4 is 4.92 Å². The van der Waals surface area contributed by atoms with Gasteiger partial charge < -0.3 is 0 Å².